The van der Waals surface area contributed by atoms with Gasteiger partial charge in [0.15, 0.2) is 5.96 Å². The molecule has 1 atom stereocenters. The van der Waals surface area contributed by atoms with Gasteiger partial charge in [0, 0.05) is 18.3 Å². The number of guanidine groups is 1. The zero-order chi connectivity index (χ0) is 13.1. The van der Waals surface area contributed by atoms with Crippen LogP contribution in [0.2, 0.25) is 0 Å². The number of benzene rings is 1. The smallest absolute Gasteiger partial charge is 0.335 e. The summed E-state index contributed by atoms with van der Waals surface area (Å²) in [4.78, 5) is 14.8. The van der Waals surface area contributed by atoms with Gasteiger partial charge in [0.1, 0.15) is 5.75 Å². The minimum Gasteiger partial charge on any atom is -0.508 e. The van der Waals surface area contributed by atoms with E-state index in [0.29, 0.717) is 18.2 Å². The molecule has 0 spiro atoms. The zero-order valence-corrected chi connectivity index (χ0v) is 9.42. The van der Waals surface area contributed by atoms with Gasteiger partial charge >= 0.3 is 5.97 Å². The highest BCUT2D eigenvalue weighted by Crippen LogP contribution is 2.19. The molecule has 0 saturated carbocycles. The molecule has 0 aromatic heterocycles. The van der Waals surface area contributed by atoms with Gasteiger partial charge in [-0.15, -0.1) is 0 Å². The van der Waals surface area contributed by atoms with Crippen molar-refractivity contribution < 1.29 is 20.1 Å². The van der Waals surface area contributed by atoms with Crippen LogP contribution < -0.4 is 10.6 Å². The number of rotatable bonds is 2. The number of phenolic OH excluding ortho intramolecular Hbond substituents is 1. The number of hydrogen-bond acceptors (Lipinski definition) is 6. The molecular weight excluding hydrogens is 238 g/mol. The molecule has 96 valence electrons. The number of phenols is 1. The predicted octanol–water partition coefficient (Wildman–Crippen LogP) is -0.178. The van der Waals surface area contributed by atoms with E-state index in [1.54, 1.807) is 0 Å². The van der Waals surface area contributed by atoms with Crippen LogP contribution in [-0.2, 0) is 0 Å². The quantitative estimate of drug-likeness (QED) is 0.498. The maximum Gasteiger partial charge on any atom is 0.335 e. The lowest BCUT2D eigenvalue weighted by atomic mass is 10.2. The fraction of sp³-hybridized carbons (Fsp3) is 0.273. The average Bonchev–Trinajstić information content (AvgIpc) is 2.31. The number of aliphatic imine (C=N–C) groups is 1. The molecule has 7 nitrogen and oxygen atoms in total. The number of carbonyl (C=O) groups is 1. The fourth-order valence-electron chi connectivity index (χ4n) is 1.56. The van der Waals surface area contributed by atoms with Crippen LogP contribution >= 0.6 is 0 Å². The number of nitrogens with one attached hydrogen (secondary N) is 2. The van der Waals surface area contributed by atoms with Crippen molar-refractivity contribution in [1.29, 1.82) is 0 Å². The SMILES string of the molecule is O=C(O)c1cc(O)cc(NC2=NCC(O)CN2)c1. The van der Waals surface area contributed by atoms with E-state index < -0.39 is 12.1 Å². The Bertz CT molecular complexity index is 501. The normalized spacial score (nSPS) is 18.7. The first-order chi connectivity index (χ1) is 8.54. The molecule has 1 heterocycles. The summed E-state index contributed by atoms with van der Waals surface area (Å²) in [6.45, 7) is 0.649. The molecular formula is C11H13N3O4. The first-order valence-electron chi connectivity index (χ1n) is 5.35. The number of nitrogens with zero attached hydrogens (tertiary/aromatic N) is 1. The van der Waals surface area contributed by atoms with Crippen LogP contribution in [0, 0.1) is 0 Å². The molecule has 1 aliphatic rings. The third-order valence-corrected chi connectivity index (χ3v) is 2.39. The summed E-state index contributed by atoms with van der Waals surface area (Å²) in [5, 5.41) is 33.2. The molecule has 0 bridgehead atoms. The van der Waals surface area contributed by atoms with E-state index in [0.717, 1.165) is 6.07 Å². The van der Waals surface area contributed by atoms with E-state index in [2.05, 4.69) is 15.6 Å². The van der Waals surface area contributed by atoms with E-state index in [-0.39, 0.29) is 17.9 Å². The van der Waals surface area contributed by atoms with Crippen molar-refractivity contribution >= 4 is 17.6 Å². The van der Waals surface area contributed by atoms with Crippen molar-refractivity contribution in [3.05, 3.63) is 23.8 Å². The first kappa shape index (κ1) is 12.2. The predicted molar refractivity (Wildman–Crippen MR) is 65.0 cm³/mol. The summed E-state index contributed by atoms with van der Waals surface area (Å²) >= 11 is 0. The number of β-amino-alcohol motifs (C(OH)–C–C–N with tert-alkyl or cyclic N) is 1. The van der Waals surface area contributed by atoms with Gasteiger partial charge in [-0.2, -0.15) is 0 Å². The molecule has 1 aromatic rings. The van der Waals surface area contributed by atoms with E-state index in [9.17, 15) is 15.0 Å². The Morgan fingerprint density at radius 3 is 2.83 bits per heavy atom. The Kier molecular flexibility index (Phi) is 3.33. The van der Waals surface area contributed by atoms with Crippen molar-refractivity contribution in [3.63, 3.8) is 0 Å². The maximum absolute atomic E-state index is 10.8. The van der Waals surface area contributed by atoms with Crippen LogP contribution in [0.4, 0.5) is 5.69 Å². The van der Waals surface area contributed by atoms with Gasteiger partial charge in [-0.25, -0.2) is 4.79 Å². The maximum atomic E-state index is 10.8. The van der Waals surface area contributed by atoms with Crippen molar-refractivity contribution in [2.24, 2.45) is 4.99 Å². The number of aliphatic hydroxyl groups excluding tert-OH is 1. The molecule has 2 rings (SSSR count). The van der Waals surface area contributed by atoms with Crippen LogP contribution in [0.15, 0.2) is 23.2 Å². The van der Waals surface area contributed by atoms with Crippen LogP contribution in [0.5, 0.6) is 5.75 Å². The molecule has 0 fully saturated rings. The van der Waals surface area contributed by atoms with E-state index in [1.807, 2.05) is 0 Å². The third kappa shape index (κ3) is 2.89. The van der Waals surface area contributed by atoms with Crippen LogP contribution in [0.1, 0.15) is 10.4 Å². The minimum atomic E-state index is -1.12. The van der Waals surface area contributed by atoms with Crippen LogP contribution in [-0.4, -0.2) is 46.4 Å². The zero-order valence-electron chi connectivity index (χ0n) is 9.42. The van der Waals surface area contributed by atoms with E-state index in [4.69, 9.17) is 5.11 Å². The molecule has 18 heavy (non-hydrogen) atoms. The van der Waals surface area contributed by atoms with Crippen molar-refractivity contribution in [2.45, 2.75) is 6.10 Å². The second-order valence-corrected chi connectivity index (χ2v) is 3.92. The van der Waals surface area contributed by atoms with Gasteiger partial charge in [-0.1, -0.05) is 0 Å². The van der Waals surface area contributed by atoms with Gasteiger partial charge < -0.3 is 26.0 Å². The van der Waals surface area contributed by atoms with Gasteiger partial charge in [0.05, 0.1) is 18.2 Å². The highest BCUT2D eigenvalue weighted by Gasteiger charge is 2.13. The third-order valence-electron chi connectivity index (χ3n) is 2.39. The van der Waals surface area contributed by atoms with Crippen molar-refractivity contribution in [1.82, 2.24) is 5.32 Å². The lowest BCUT2D eigenvalue weighted by Gasteiger charge is -2.20. The van der Waals surface area contributed by atoms with Gasteiger partial charge in [-0.05, 0) is 12.1 Å². The summed E-state index contributed by atoms with van der Waals surface area (Å²) in [7, 11) is 0. The summed E-state index contributed by atoms with van der Waals surface area (Å²) in [5.41, 5.74) is 0.393. The summed E-state index contributed by atoms with van der Waals surface area (Å²) in [5.74, 6) is -0.834. The Hall–Kier alpha value is -2.28. The number of anilines is 1. The molecule has 1 aromatic carbocycles. The molecule has 7 heteroatoms. The average molecular weight is 251 g/mol. The second kappa shape index (κ2) is 4.92. The van der Waals surface area contributed by atoms with Gasteiger partial charge in [-0.3, -0.25) is 4.99 Å². The summed E-state index contributed by atoms with van der Waals surface area (Å²) in [6, 6.07) is 3.94. The molecule has 5 N–H and O–H groups in total. The van der Waals surface area contributed by atoms with Crippen molar-refractivity contribution in [3.8, 4) is 5.75 Å². The Balaban J connectivity index is 2.16. The van der Waals surface area contributed by atoms with Crippen LogP contribution in [0.25, 0.3) is 0 Å². The highest BCUT2D eigenvalue weighted by molar-refractivity contribution is 5.96. The van der Waals surface area contributed by atoms with E-state index in [1.165, 1.54) is 12.1 Å². The first-order valence-corrected chi connectivity index (χ1v) is 5.35. The molecule has 0 amide bonds. The molecule has 0 saturated heterocycles. The number of hydrogen-bond donors (Lipinski definition) is 5. The van der Waals surface area contributed by atoms with Crippen LogP contribution in [0.3, 0.4) is 0 Å². The second-order valence-electron chi connectivity index (χ2n) is 3.92. The van der Waals surface area contributed by atoms with Crippen molar-refractivity contribution in [2.75, 3.05) is 18.4 Å². The number of aromatic hydroxyl groups is 1. The Morgan fingerprint density at radius 1 is 1.44 bits per heavy atom. The monoisotopic (exact) mass is 251 g/mol. The molecule has 0 radical (unpaired) electrons. The molecule has 1 unspecified atom stereocenters. The lowest BCUT2D eigenvalue weighted by molar-refractivity contribution is 0.0696. The largest absolute Gasteiger partial charge is 0.508 e. The van der Waals surface area contributed by atoms with Gasteiger partial charge in [0.2, 0.25) is 0 Å². The highest BCUT2D eigenvalue weighted by atomic mass is 16.4. The lowest BCUT2D eigenvalue weighted by Crippen LogP contribution is -2.42. The van der Waals surface area contributed by atoms with Gasteiger partial charge in [0.25, 0.3) is 0 Å². The standard InChI is InChI=1S/C11H13N3O4/c15-8-2-6(10(17)18)1-7(3-8)14-11-12-4-9(16)5-13-11/h1-3,9,15-16H,4-5H2,(H,17,18)(H2,12,13,14). The summed E-state index contributed by atoms with van der Waals surface area (Å²) in [6.07, 6.45) is -0.519. The molecule has 1 aliphatic heterocycles. The Morgan fingerprint density at radius 2 is 2.22 bits per heavy atom. The number of carboxylic acids is 1. The Labute approximate surface area is 103 Å². The minimum absolute atomic E-state index is 0.0195. The number of aliphatic hydroxyl groups is 1. The topological polar surface area (TPSA) is 114 Å². The molecule has 0 aliphatic carbocycles. The fourth-order valence-corrected chi connectivity index (χ4v) is 1.56. The summed E-state index contributed by atoms with van der Waals surface area (Å²) < 4.78 is 0. The number of carboxylic acid groups (broad SMARTS) is 1. The van der Waals surface area contributed by atoms with E-state index >= 15 is 0 Å². The number of aromatic carboxylic acids is 1.